The van der Waals surface area contributed by atoms with Gasteiger partial charge in [0, 0.05) is 45.2 Å². The molecule has 1 fully saturated rings. The van der Waals surface area contributed by atoms with Crippen LogP contribution < -0.4 is 0 Å². The Morgan fingerprint density at radius 2 is 2.10 bits per heavy atom. The van der Waals surface area contributed by atoms with E-state index in [1.807, 2.05) is 19.9 Å². The fourth-order valence-electron chi connectivity index (χ4n) is 2.54. The van der Waals surface area contributed by atoms with Crippen molar-refractivity contribution in [2.24, 2.45) is 0 Å². The van der Waals surface area contributed by atoms with E-state index in [2.05, 4.69) is 0 Å². The molecular formula is C15H23NO4. The minimum atomic E-state index is -0.854. The third-order valence-electron chi connectivity index (χ3n) is 3.81. The van der Waals surface area contributed by atoms with Crippen molar-refractivity contribution >= 4 is 5.91 Å². The molecule has 1 amide bonds. The fraction of sp³-hybridized carbons (Fsp3) is 0.667. The monoisotopic (exact) mass is 281 g/mol. The molecule has 1 saturated heterocycles. The molecule has 5 heteroatoms. The minimum Gasteiger partial charge on any atom is -0.459 e. The Hall–Kier alpha value is -1.33. The summed E-state index contributed by atoms with van der Waals surface area (Å²) in [6.45, 7) is 5.42. The van der Waals surface area contributed by atoms with Gasteiger partial charge in [-0.25, -0.2) is 0 Å². The number of rotatable bonds is 4. The molecule has 112 valence electrons. The smallest absolute Gasteiger partial charge is 0.289 e. The van der Waals surface area contributed by atoms with Crippen LogP contribution >= 0.6 is 0 Å². The Morgan fingerprint density at radius 1 is 1.45 bits per heavy atom. The van der Waals surface area contributed by atoms with Crippen molar-refractivity contribution in [2.75, 3.05) is 26.8 Å². The number of aliphatic hydroxyl groups is 1. The lowest BCUT2D eigenvalue weighted by Crippen LogP contribution is -2.47. The highest BCUT2D eigenvalue weighted by molar-refractivity contribution is 5.93. The van der Waals surface area contributed by atoms with Crippen molar-refractivity contribution in [1.82, 2.24) is 4.90 Å². The number of amides is 1. The van der Waals surface area contributed by atoms with Gasteiger partial charge in [-0.3, -0.25) is 4.79 Å². The van der Waals surface area contributed by atoms with Crippen molar-refractivity contribution < 1.29 is 19.1 Å². The molecule has 2 rings (SSSR count). The van der Waals surface area contributed by atoms with Gasteiger partial charge in [0.25, 0.3) is 5.91 Å². The number of carbonyl (C=O) groups excluding carboxylic acids is 1. The lowest BCUT2D eigenvalue weighted by molar-refractivity contribution is -0.0736. The predicted molar refractivity (Wildman–Crippen MR) is 74.8 cm³/mol. The van der Waals surface area contributed by atoms with E-state index in [0.29, 0.717) is 38.4 Å². The molecule has 0 bridgehead atoms. The van der Waals surface area contributed by atoms with Crippen LogP contribution in [0.3, 0.4) is 0 Å². The molecule has 0 atom stereocenters. The Balaban J connectivity index is 2.06. The van der Waals surface area contributed by atoms with Crippen LogP contribution in [-0.4, -0.2) is 48.3 Å². The van der Waals surface area contributed by atoms with Gasteiger partial charge in [-0.2, -0.15) is 0 Å². The summed E-state index contributed by atoms with van der Waals surface area (Å²) in [6.07, 6.45) is 2.65. The molecule has 0 spiro atoms. The van der Waals surface area contributed by atoms with E-state index in [9.17, 15) is 9.90 Å². The molecule has 2 heterocycles. The van der Waals surface area contributed by atoms with Gasteiger partial charge in [-0.15, -0.1) is 0 Å². The van der Waals surface area contributed by atoms with E-state index in [-0.39, 0.29) is 11.8 Å². The number of ether oxygens (including phenoxy) is 1. The molecule has 1 N–H and O–H groups in total. The van der Waals surface area contributed by atoms with Crippen molar-refractivity contribution in [3.8, 4) is 0 Å². The number of likely N-dealkylation sites (N-methyl/N-ethyl adjacent to an activating group) is 1. The Labute approximate surface area is 119 Å². The van der Waals surface area contributed by atoms with Crippen LogP contribution in [-0.2, 0) is 4.74 Å². The molecule has 0 unspecified atom stereocenters. The number of furan rings is 1. The summed E-state index contributed by atoms with van der Waals surface area (Å²) >= 11 is 0. The average Bonchev–Trinajstić information content (AvgIpc) is 2.87. The van der Waals surface area contributed by atoms with Crippen molar-refractivity contribution in [2.45, 2.75) is 38.2 Å². The second kappa shape index (κ2) is 5.97. The Bertz CT molecular complexity index is 460. The largest absolute Gasteiger partial charge is 0.459 e. The van der Waals surface area contributed by atoms with Crippen LogP contribution in [0.1, 0.15) is 48.7 Å². The van der Waals surface area contributed by atoms with E-state index >= 15 is 0 Å². The average molecular weight is 281 g/mol. The highest BCUT2D eigenvalue weighted by Gasteiger charge is 2.33. The molecule has 1 aliphatic heterocycles. The highest BCUT2D eigenvalue weighted by atomic mass is 16.5. The lowest BCUT2D eigenvalue weighted by atomic mass is 9.93. The maximum Gasteiger partial charge on any atom is 0.289 e. The van der Waals surface area contributed by atoms with E-state index in [1.54, 1.807) is 13.3 Å². The van der Waals surface area contributed by atoms with Crippen molar-refractivity contribution in [1.29, 1.82) is 0 Å². The summed E-state index contributed by atoms with van der Waals surface area (Å²) in [5, 5.41) is 10.5. The number of nitrogens with zero attached hydrogens (tertiary/aromatic N) is 1. The molecule has 5 nitrogen and oxygen atoms in total. The second-order valence-electron chi connectivity index (χ2n) is 5.86. The van der Waals surface area contributed by atoms with Gasteiger partial charge in [0.05, 0.1) is 11.9 Å². The number of hydrogen-bond acceptors (Lipinski definition) is 4. The van der Waals surface area contributed by atoms with Crippen LogP contribution in [0, 0.1) is 0 Å². The Morgan fingerprint density at radius 3 is 2.70 bits per heavy atom. The topological polar surface area (TPSA) is 62.9 Å². The van der Waals surface area contributed by atoms with Gasteiger partial charge in [0.15, 0.2) is 5.76 Å². The molecule has 0 radical (unpaired) electrons. The quantitative estimate of drug-likeness (QED) is 0.917. The second-order valence-corrected chi connectivity index (χ2v) is 5.86. The third kappa shape index (κ3) is 3.22. The molecule has 0 aromatic carbocycles. The first kappa shape index (κ1) is 15.1. The first-order valence-corrected chi connectivity index (χ1v) is 7.06. The molecular weight excluding hydrogens is 258 g/mol. The van der Waals surface area contributed by atoms with E-state index in [1.165, 1.54) is 4.90 Å². The molecule has 0 aliphatic carbocycles. The van der Waals surface area contributed by atoms with E-state index in [4.69, 9.17) is 9.15 Å². The summed E-state index contributed by atoms with van der Waals surface area (Å²) in [5.74, 6) is 0.420. The van der Waals surface area contributed by atoms with E-state index in [0.717, 1.165) is 5.56 Å². The van der Waals surface area contributed by atoms with Gasteiger partial charge in [-0.05, 0) is 12.0 Å². The first-order chi connectivity index (χ1) is 9.43. The third-order valence-corrected chi connectivity index (χ3v) is 3.81. The van der Waals surface area contributed by atoms with Crippen molar-refractivity contribution in [3.63, 3.8) is 0 Å². The van der Waals surface area contributed by atoms with Gasteiger partial charge in [0.1, 0.15) is 0 Å². The van der Waals surface area contributed by atoms with Gasteiger partial charge >= 0.3 is 0 Å². The van der Waals surface area contributed by atoms with E-state index < -0.39 is 5.60 Å². The summed E-state index contributed by atoms with van der Waals surface area (Å²) < 4.78 is 10.6. The zero-order valence-corrected chi connectivity index (χ0v) is 12.4. The van der Waals surface area contributed by atoms with Crippen LogP contribution in [0.15, 0.2) is 16.7 Å². The summed E-state index contributed by atoms with van der Waals surface area (Å²) in [6, 6.07) is 1.83. The highest BCUT2D eigenvalue weighted by Crippen LogP contribution is 2.25. The zero-order chi connectivity index (χ0) is 14.8. The fourth-order valence-corrected chi connectivity index (χ4v) is 2.54. The van der Waals surface area contributed by atoms with Gasteiger partial charge < -0.3 is 19.2 Å². The summed E-state index contributed by atoms with van der Waals surface area (Å²) in [4.78, 5) is 14.0. The molecule has 1 aromatic rings. The molecule has 0 saturated carbocycles. The standard InChI is InChI=1S/C15H23NO4/c1-11(2)12-4-7-20-13(12)14(17)16(3)10-15(18)5-8-19-9-6-15/h4,7,11,18H,5-6,8-10H2,1-3H3. The summed E-state index contributed by atoms with van der Waals surface area (Å²) in [5.41, 5.74) is 0.0496. The van der Waals surface area contributed by atoms with Crippen LogP contribution in [0.25, 0.3) is 0 Å². The molecule has 20 heavy (non-hydrogen) atoms. The minimum absolute atomic E-state index is 0.182. The maximum atomic E-state index is 12.4. The molecule has 1 aliphatic rings. The maximum absolute atomic E-state index is 12.4. The van der Waals surface area contributed by atoms with Crippen LogP contribution in [0.5, 0.6) is 0 Å². The zero-order valence-electron chi connectivity index (χ0n) is 12.4. The SMILES string of the molecule is CC(C)c1ccoc1C(=O)N(C)CC1(O)CCOCC1. The van der Waals surface area contributed by atoms with Gasteiger partial charge in [0.2, 0.25) is 0 Å². The van der Waals surface area contributed by atoms with Gasteiger partial charge in [-0.1, -0.05) is 13.8 Å². The number of hydrogen-bond donors (Lipinski definition) is 1. The lowest BCUT2D eigenvalue weighted by Gasteiger charge is -2.35. The molecule has 1 aromatic heterocycles. The van der Waals surface area contributed by atoms with Crippen LogP contribution in [0.4, 0.5) is 0 Å². The normalized spacial score (nSPS) is 18.2. The first-order valence-electron chi connectivity index (χ1n) is 7.06. The number of carbonyl (C=O) groups is 1. The van der Waals surface area contributed by atoms with Crippen molar-refractivity contribution in [3.05, 3.63) is 23.7 Å². The predicted octanol–water partition coefficient (Wildman–Crippen LogP) is 2.02. The summed E-state index contributed by atoms with van der Waals surface area (Å²) in [7, 11) is 1.70. The van der Waals surface area contributed by atoms with Crippen LogP contribution in [0.2, 0.25) is 0 Å². The Kier molecular flexibility index (Phi) is 4.50.